The lowest BCUT2D eigenvalue weighted by Gasteiger charge is -2.29. The van der Waals surface area contributed by atoms with E-state index in [9.17, 15) is 0 Å². The van der Waals surface area contributed by atoms with Crippen LogP contribution in [0, 0.1) is 0 Å². The van der Waals surface area contributed by atoms with Crippen LogP contribution in [0.25, 0.3) is 24.3 Å². The van der Waals surface area contributed by atoms with Crippen LogP contribution in [0.2, 0.25) is 0 Å². The van der Waals surface area contributed by atoms with Crippen LogP contribution in [0.3, 0.4) is 0 Å². The number of hydrogen-bond acceptors (Lipinski definition) is 3. The van der Waals surface area contributed by atoms with Crippen LogP contribution < -0.4 is 14.7 Å². The Morgan fingerprint density at radius 2 is 0.328 bits per heavy atom. The van der Waals surface area contributed by atoms with E-state index < -0.39 is 0 Å². The molecule has 0 saturated heterocycles. The molecule has 0 radical (unpaired) electrons. The molecule has 0 saturated carbocycles. The van der Waals surface area contributed by atoms with Gasteiger partial charge in [0.25, 0.3) is 0 Å². The Morgan fingerprint density at radius 3 is 0.557 bits per heavy atom. The maximum absolute atomic E-state index is 2.31. The van der Waals surface area contributed by atoms with Crippen LogP contribution in [-0.4, -0.2) is 0 Å². The molecule has 0 aromatic heterocycles. The highest BCUT2D eigenvalue weighted by Gasteiger charge is 2.18. The molecular formula is C58H45N3. The maximum Gasteiger partial charge on any atom is 0.0463 e. The summed E-state index contributed by atoms with van der Waals surface area (Å²) in [5.74, 6) is 0. The molecule has 0 heterocycles. The largest absolute Gasteiger partial charge is 0.311 e. The van der Waals surface area contributed by atoms with Crippen LogP contribution in [0.15, 0.2) is 249 Å². The zero-order valence-electron chi connectivity index (χ0n) is 33.8. The molecule has 9 aromatic rings. The van der Waals surface area contributed by atoms with E-state index in [1.165, 1.54) is 11.1 Å². The number of rotatable bonds is 13. The van der Waals surface area contributed by atoms with Crippen LogP contribution in [0.5, 0.6) is 0 Å². The molecule has 0 aliphatic carbocycles. The second-order valence-electron chi connectivity index (χ2n) is 14.7. The Bertz CT molecular complexity index is 2610. The smallest absolute Gasteiger partial charge is 0.0463 e. The summed E-state index contributed by atoms with van der Waals surface area (Å²) in [4.78, 5) is 6.93. The van der Waals surface area contributed by atoms with Crippen LogP contribution in [0.4, 0.5) is 51.2 Å². The molecule has 0 N–H and O–H groups in total. The molecular weight excluding hydrogens is 739 g/mol. The molecule has 0 fully saturated rings. The van der Waals surface area contributed by atoms with Crippen LogP contribution >= 0.6 is 0 Å². The monoisotopic (exact) mass is 783 g/mol. The van der Waals surface area contributed by atoms with Crippen LogP contribution in [-0.2, 0) is 0 Å². The van der Waals surface area contributed by atoms with Crippen molar-refractivity contribution in [3.63, 3.8) is 0 Å². The highest BCUT2D eigenvalue weighted by atomic mass is 15.2. The summed E-state index contributed by atoms with van der Waals surface area (Å²) in [5, 5.41) is 0. The molecule has 0 amide bonds. The zero-order chi connectivity index (χ0) is 41.1. The van der Waals surface area contributed by atoms with Gasteiger partial charge in [0.15, 0.2) is 0 Å². The summed E-state index contributed by atoms with van der Waals surface area (Å²) >= 11 is 0. The van der Waals surface area contributed by atoms with E-state index in [4.69, 9.17) is 0 Å². The Labute approximate surface area is 359 Å². The number of para-hydroxylation sites is 3. The van der Waals surface area contributed by atoms with E-state index in [-0.39, 0.29) is 0 Å². The van der Waals surface area contributed by atoms with E-state index in [1.54, 1.807) is 0 Å². The van der Waals surface area contributed by atoms with Gasteiger partial charge in [-0.2, -0.15) is 0 Å². The van der Waals surface area contributed by atoms with Gasteiger partial charge in [0, 0.05) is 51.2 Å². The van der Waals surface area contributed by atoms with Crippen LogP contribution in [0.1, 0.15) is 22.3 Å². The van der Waals surface area contributed by atoms with Gasteiger partial charge in [-0.25, -0.2) is 0 Å². The Hall–Kier alpha value is -8.14. The first kappa shape index (κ1) is 38.4. The van der Waals surface area contributed by atoms with Gasteiger partial charge in [0.05, 0.1) is 0 Å². The second-order valence-corrected chi connectivity index (χ2v) is 14.7. The summed E-state index contributed by atoms with van der Waals surface area (Å²) in [6.45, 7) is 0. The SMILES string of the molecule is C(=Cc1ccc(N(c2ccccc2)c2ccc(N(c3ccccc3)c3ccc(N(c4ccccc4)c4ccc(/C=C\c5ccccc5)cc4)cc3)cc2)cc1)c1ccccc1. The van der Waals surface area contributed by atoms with Crippen molar-refractivity contribution in [2.24, 2.45) is 0 Å². The lowest BCUT2D eigenvalue weighted by Crippen LogP contribution is -2.13. The molecule has 61 heavy (non-hydrogen) atoms. The van der Waals surface area contributed by atoms with Crippen molar-refractivity contribution in [1.29, 1.82) is 0 Å². The average Bonchev–Trinajstić information content (AvgIpc) is 3.34. The van der Waals surface area contributed by atoms with Crippen molar-refractivity contribution in [2.75, 3.05) is 14.7 Å². The van der Waals surface area contributed by atoms with Crippen molar-refractivity contribution < 1.29 is 0 Å². The van der Waals surface area contributed by atoms with Gasteiger partial charge in [0.1, 0.15) is 0 Å². The Kier molecular flexibility index (Phi) is 11.7. The first-order valence-electron chi connectivity index (χ1n) is 20.7. The predicted molar refractivity (Wildman–Crippen MR) is 261 cm³/mol. The fraction of sp³-hybridized carbons (Fsp3) is 0. The molecule has 9 rings (SSSR count). The van der Waals surface area contributed by atoms with E-state index in [0.717, 1.165) is 62.3 Å². The molecule has 0 aliphatic rings. The van der Waals surface area contributed by atoms with E-state index >= 15 is 0 Å². The summed E-state index contributed by atoms with van der Waals surface area (Å²) in [7, 11) is 0. The summed E-state index contributed by atoms with van der Waals surface area (Å²) in [5.41, 5.74) is 14.4. The third-order valence-corrected chi connectivity index (χ3v) is 10.6. The number of nitrogens with zero attached hydrogens (tertiary/aromatic N) is 3. The van der Waals surface area contributed by atoms with E-state index in [1.807, 2.05) is 12.1 Å². The van der Waals surface area contributed by atoms with Crippen molar-refractivity contribution in [2.45, 2.75) is 0 Å². The number of benzene rings is 9. The third-order valence-electron chi connectivity index (χ3n) is 10.6. The highest BCUT2D eigenvalue weighted by Crippen LogP contribution is 2.41. The Balaban J connectivity index is 1.01. The van der Waals surface area contributed by atoms with Crippen molar-refractivity contribution in [1.82, 2.24) is 0 Å². The second kappa shape index (κ2) is 18.6. The van der Waals surface area contributed by atoms with Crippen molar-refractivity contribution in [3.05, 3.63) is 271 Å². The van der Waals surface area contributed by atoms with Gasteiger partial charge in [0.2, 0.25) is 0 Å². The first-order chi connectivity index (χ1) is 30.2. The third kappa shape index (κ3) is 9.28. The number of anilines is 9. The van der Waals surface area contributed by atoms with Gasteiger partial charge in [-0.05, 0) is 131 Å². The minimum atomic E-state index is 1.07. The molecule has 9 aromatic carbocycles. The molecule has 0 unspecified atom stereocenters. The fourth-order valence-corrected chi connectivity index (χ4v) is 7.56. The molecule has 0 bridgehead atoms. The van der Waals surface area contributed by atoms with E-state index in [2.05, 4.69) is 276 Å². The maximum atomic E-state index is 2.31. The molecule has 3 nitrogen and oxygen atoms in total. The molecule has 3 heteroatoms. The predicted octanol–water partition coefficient (Wildman–Crippen LogP) is 16.4. The summed E-state index contributed by atoms with van der Waals surface area (Å²) in [6.07, 6.45) is 8.62. The van der Waals surface area contributed by atoms with Crippen molar-refractivity contribution in [3.8, 4) is 0 Å². The van der Waals surface area contributed by atoms with Gasteiger partial charge < -0.3 is 14.7 Å². The first-order valence-corrected chi connectivity index (χ1v) is 20.7. The molecule has 0 spiro atoms. The minimum Gasteiger partial charge on any atom is -0.311 e. The average molecular weight is 784 g/mol. The van der Waals surface area contributed by atoms with Crippen molar-refractivity contribution >= 4 is 75.5 Å². The summed E-state index contributed by atoms with van der Waals surface area (Å²) < 4.78 is 0. The lowest BCUT2D eigenvalue weighted by molar-refractivity contribution is 1.24. The highest BCUT2D eigenvalue weighted by molar-refractivity contribution is 5.84. The minimum absolute atomic E-state index is 1.07. The quantitative estimate of drug-likeness (QED) is 0.108. The van der Waals surface area contributed by atoms with Gasteiger partial charge in [-0.15, -0.1) is 0 Å². The molecule has 0 atom stereocenters. The lowest BCUT2D eigenvalue weighted by atomic mass is 10.1. The number of hydrogen-bond donors (Lipinski definition) is 0. The van der Waals surface area contributed by atoms with Gasteiger partial charge in [-0.1, -0.05) is 164 Å². The fourth-order valence-electron chi connectivity index (χ4n) is 7.56. The molecule has 292 valence electrons. The standard InChI is InChI=1S/C58H45N3/c1-6-16-46(17-7-1)26-28-48-30-34-53(35-31-48)59(50-20-10-3-11-21-50)55-38-42-57(43-39-55)61(52-24-14-5-15-25-52)58-44-40-56(41-45-58)60(51-22-12-4-13-23-51)54-36-32-49(33-37-54)29-27-47-18-8-2-9-19-47/h1-45H/b28-26-,29-27?. The van der Waals surface area contributed by atoms with Gasteiger partial charge >= 0.3 is 0 Å². The normalized spacial score (nSPS) is 11.1. The van der Waals surface area contributed by atoms with Gasteiger partial charge in [-0.3, -0.25) is 0 Å². The molecule has 0 aliphatic heterocycles. The zero-order valence-corrected chi connectivity index (χ0v) is 33.8. The summed E-state index contributed by atoms with van der Waals surface area (Å²) in [6, 6.07) is 87.7. The Morgan fingerprint density at radius 1 is 0.164 bits per heavy atom. The van der Waals surface area contributed by atoms with E-state index in [0.29, 0.717) is 0 Å². The topological polar surface area (TPSA) is 9.72 Å².